The van der Waals surface area contributed by atoms with Crippen molar-refractivity contribution in [3.05, 3.63) is 59.0 Å². The van der Waals surface area contributed by atoms with Crippen LogP contribution >= 0.6 is 0 Å². The minimum absolute atomic E-state index is 0.317. The van der Waals surface area contributed by atoms with Crippen LogP contribution in [0.25, 0.3) is 5.65 Å². The van der Waals surface area contributed by atoms with Crippen LogP contribution in [0.15, 0.2) is 41.6 Å². The first-order valence-corrected chi connectivity index (χ1v) is 9.71. The smallest absolute Gasteiger partial charge is 0.290 e. The number of benzene rings is 1. The van der Waals surface area contributed by atoms with Crippen LogP contribution in [-0.4, -0.2) is 34.7 Å². The number of amides is 1. The summed E-state index contributed by atoms with van der Waals surface area (Å²) in [5, 5.41) is 4.09. The van der Waals surface area contributed by atoms with Crippen LogP contribution < -0.4 is 14.9 Å². The van der Waals surface area contributed by atoms with Crippen LogP contribution in [-0.2, 0) is 0 Å². The van der Waals surface area contributed by atoms with Crippen molar-refractivity contribution >= 4 is 17.8 Å². The molecular formula is C22H26N4O3. The molecule has 3 aromatic rings. The molecule has 0 saturated heterocycles. The van der Waals surface area contributed by atoms with E-state index in [2.05, 4.69) is 22.4 Å². The molecule has 152 valence electrons. The number of hydrogen-bond acceptors (Lipinski definition) is 5. The third kappa shape index (κ3) is 4.74. The van der Waals surface area contributed by atoms with E-state index in [9.17, 15) is 4.79 Å². The van der Waals surface area contributed by atoms with Gasteiger partial charge in [-0.2, -0.15) is 5.10 Å². The fourth-order valence-corrected chi connectivity index (χ4v) is 2.96. The van der Waals surface area contributed by atoms with E-state index in [0.29, 0.717) is 36.1 Å². The van der Waals surface area contributed by atoms with Gasteiger partial charge in [-0.3, -0.25) is 9.20 Å². The Hall–Kier alpha value is -3.35. The number of fused-ring (bicyclic) bond motifs is 1. The first-order valence-electron chi connectivity index (χ1n) is 9.71. The molecule has 2 aromatic heterocycles. The number of carbonyl (C=O) groups excluding carboxylic acids is 1. The molecule has 0 fully saturated rings. The summed E-state index contributed by atoms with van der Waals surface area (Å²) in [6.07, 6.45) is 4.34. The molecule has 7 heteroatoms. The van der Waals surface area contributed by atoms with Crippen molar-refractivity contribution in [2.24, 2.45) is 5.10 Å². The quantitative estimate of drug-likeness (QED) is 0.464. The number of ether oxygens (including phenoxy) is 2. The molecule has 7 nitrogen and oxygen atoms in total. The average Bonchev–Trinajstić information content (AvgIpc) is 3.02. The number of rotatable bonds is 8. The summed E-state index contributed by atoms with van der Waals surface area (Å²) in [6, 6.07) is 9.43. The number of imidazole rings is 1. The molecule has 2 heterocycles. The monoisotopic (exact) mass is 394 g/mol. The van der Waals surface area contributed by atoms with Crippen LogP contribution in [0.2, 0.25) is 0 Å². The highest BCUT2D eigenvalue weighted by molar-refractivity contribution is 5.95. The van der Waals surface area contributed by atoms with E-state index < -0.39 is 0 Å². The number of nitrogens with one attached hydrogen (secondary N) is 1. The van der Waals surface area contributed by atoms with Crippen molar-refractivity contribution in [2.75, 3.05) is 13.2 Å². The molecule has 0 saturated carbocycles. The van der Waals surface area contributed by atoms with Crippen LogP contribution in [0.1, 0.15) is 47.6 Å². The van der Waals surface area contributed by atoms with Gasteiger partial charge >= 0.3 is 0 Å². The standard InChI is InChI=1S/C22H26N4O3/c1-5-11-29-18-8-7-17(13-19(18)28-6-2)14-23-25-22(27)21-16(4)24-20-12-15(3)9-10-26(20)21/h7-10,12-14H,5-6,11H2,1-4H3,(H,25,27)/b23-14-. The number of aromatic nitrogens is 2. The molecule has 0 atom stereocenters. The Morgan fingerprint density at radius 3 is 2.76 bits per heavy atom. The van der Waals surface area contributed by atoms with Gasteiger partial charge in [-0.1, -0.05) is 6.92 Å². The molecule has 0 bridgehead atoms. The Morgan fingerprint density at radius 1 is 1.17 bits per heavy atom. The normalized spacial score (nSPS) is 11.2. The third-order valence-electron chi connectivity index (χ3n) is 4.28. The number of carbonyl (C=O) groups is 1. The van der Waals surface area contributed by atoms with E-state index in [1.807, 2.05) is 57.3 Å². The summed E-state index contributed by atoms with van der Waals surface area (Å²) >= 11 is 0. The van der Waals surface area contributed by atoms with Gasteiger partial charge in [0, 0.05) is 6.20 Å². The van der Waals surface area contributed by atoms with Crippen molar-refractivity contribution < 1.29 is 14.3 Å². The topological polar surface area (TPSA) is 77.2 Å². The van der Waals surface area contributed by atoms with Crippen LogP contribution in [0.4, 0.5) is 0 Å². The Morgan fingerprint density at radius 2 is 2.00 bits per heavy atom. The van der Waals surface area contributed by atoms with Crippen LogP contribution in [0, 0.1) is 13.8 Å². The Balaban J connectivity index is 1.75. The zero-order valence-corrected chi connectivity index (χ0v) is 17.2. The summed E-state index contributed by atoms with van der Waals surface area (Å²) in [5.41, 5.74) is 6.32. The van der Waals surface area contributed by atoms with Gasteiger partial charge in [-0.05, 0) is 68.7 Å². The second kappa shape index (κ2) is 9.23. The lowest BCUT2D eigenvalue weighted by atomic mass is 10.2. The van der Waals surface area contributed by atoms with E-state index in [-0.39, 0.29) is 5.91 Å². The molecule has 1 aromatic carbocycles. The molecule has 0 aliphatic carbocycles. The highest BCUT2D eigenvalue weighted by Crippen LogP contribution is 2.28. The molecule has 1 amide bonds. The number of hydrazone groups is 1. The zero-order chi connectivity index (χ0) is 20.8. The van der Waals surface area contributed by atoms with E-state index in [4.69, 9.17) is 9.47 Å². The minimum atomic E-state index is -0.317. The van der Waals surface area contributed by atoms with E-state index in [1.165, 1.54) is 0 Å². The predicted octanol–water partition coefficient (Wildman–Crippen LogP) is 3.90. The zero-order valence-electron chi connectivity index (χ0n) is 17.2. The van der Waals surface area contributed by atoms with Crippen LogP contribution in [0.3, 0.4) is 0 Å². The van der Waals surface area contributed by atoms with Gasteiger partial charge in [0.15, 0.2) is 11.5 Å². The van der Waals surface area contributed by atoms with Crippen molar-refractivity contribution in [1.29, 1.82) is 0 Å². The van der Waals surface area contributed by atoms with Crippen molar-refractivity contribution in [2.45, 2.75) is 34.1 Å². The molecule has 0 radical (unpaired) electrons. The predicted molar refractivity (Wildman–Crippen MR) is 113 cm³/mol. The van der Waals surface area contributed by atoms with Gasteiger partial charge in [-0.15, -0.1) is 0 Å². The summed E-state index contributed by atoms with van der Waals surface area (Å²) in [7, 11) is 0. The van der Waals surface area contributed by atoms with Gasteiger partial charge in [0.05, 0.1) is 25.1 Å². The SMILES string of the molecule is CCCOc1ccc(/C=N\NC(=O)c2c(C)nc3cc(C)ccn23)cc1OCC. The summed E-state index contributed by atoms with van der Waals surface area (Å²) in [6.45, 7) is 8.93. The second-order valence-electron chi connectivity index (χ2n) is 6.66. The molecule has 3 rings (SSSR count). The molecule has 29 heavy (non-hydrogen) atoms. The number of nitrogens with zero attached hydrogens (tertiary/aromatic N) is 3. The van der Waals surface area contributed by atoms with Crippen LogP contribution in [0.5, 0.6) is 11.5 Å². The maximum Gasteiger partial charge on any atom is 0.290 e. The van der Waals surface area contributed by atoms with Crippen molar-refractivity contribution in [3.8, 4) is 11.5 Å². The van der Waals surface area contributed by atoms with Gasteiger partial charge in [0.2, 0.25) is 0 Å². The fraction of sp³-hybridized carbons (Fsp3) is 0.318. The summed E-state index contributed by atoms with van der Waals surface area (Å²) in [4.78, 5) is 17.1. The van der Waals surface area contributed by atoms with Crippen molar-refractivity contribution in [3.63, 3.8) is 0 Å². The largest absolute Gasteiger partial charge is 0.490 e. The number of hydrogen-bond donors (Lipinski definition) is 1. The minimum Gasteiger partial charge on any atom is -0.490 e. The molecule has 0 aliphatic heterocycles. The molecule has 1 N–H and O–H groups in total. The fourth-order valence-electron chi connectivity index (χ4n) is 2.96. The Kier molecular flexibility index (Phi) is 6.49. The summed E-state index contributed by atoms with van der Waals surface area (Å²) in [5.74, 6) is 1.04. The van der Waals surface area contributed by atoms with E-state index in [0.717, 1.165) is 23.2 Å². The number of aryl methyl sites for hydroxylation is 2. The first-order chi connectivity index (χ1) is 14.0. The highest BCUT2D eigenvalue weighted by atomic mass is 16.5. The second-order valence-corrected chi connectivity index (χ2v) is 6.66. The maximum atomic E-state index is 12.6. The van der Waals surface area contributed by atoms with Gasteiger partial charge in [0.1, 0.15) is 11.3 Å². The first kappa shape index (κ1) is 20.4. The van der Waals surface area contributed by atoms with E-state index >= 15 is 0 Å². The third-order valence-corrected chi connectivity index (χ3v) is 4.28. The molecule has 0 unspecified atom stereocenters. The van der Waals surface area contributed by atoms with Gasteiger partial charge in [0.25, 0.3) is 5.91 Å². The Labute approximate surface area is 170 Å². The lowest BCUT2D eigenvalue weighted by Crippen LogP contribution is -2.20. The van der Waals surface area contributed by atoms with Gasteiger partial charge in [-0.25, -0.2) is 10.4 Å². The lowest BCUT2D eigenvalue weighted by molar-refractivity contribution is 0.0948. The maximum absolute atomic E-state index is 12.6. The van der Waals surface area contributed by atoms with E-state index in [1.54, 1.807) is 10.6 Å². The lowest BCUT2D eigenvalue weighted by Gasteiger charge is -2.11. The van der Waals surface area contributed by atoms with Crippen molar-refractivity contribution in [1.82, 2.24) is 14.8 Å². The summed E-state index contributed by atoms with van der Waals surface area (Å²) < 4.78 is 13.1. The Bertz CT molecular complexity index is 1040. The van der Waals surface area contributed by atoms with Gasteiger partial charge < -0.3 is 9.47 Å². The molecule has 0 spiro atoms. The molecule has 0 aliphatic rings. The average molecular weight is 394 g/mol. The highest BCUT2D eigenvalue weighted by Gasteiger charge is 2.16. The molecular weight excluding hydrogens is 368 g/mol. The number of pyridine rings is 1.